The summed E-state index contributed by atoms with van der Waals surface area (Å²) < 4.78 is 0. The zero-order valence-electron chi connectivity index (χ0n) is 14.3. The zero-order chi connectivity index (χ0) is 15.0. The first-order valence-electron chi connectivity index (χ1n) is 8.74. The van der Waals surface area contributed by atoms with E-state index >= 15 is 0 Å². The lowest BCUT2D eigenvalue weighted by atomic mass is 9.86. The lowest BCUT2D eigenvalue weighted by molar-refractivity contribution is 0.245. The molecular weight excluding hydrogens is 246 g/mol. The van der Waals surface area contributed by atoms with E-state index in [1.54, 1.807) is 0 Å². The second-order valence-electron chi connectivity index (χ2n) is 6.87. The van der Waals surface area contributed by atoms with E-state index in [9.17, 15) is 0 Å². The van der Waals surface area contributed by atoms with Gasteiger partial charge in [-0.05, 0) is 44.2 Å². The molecule has 0 bridgehead atoms. The Labute approximate surface area is 126 Å². The quantitative estimate of drug-likeness (QED) is 0.673. The number of hydrogen-bond donors (Lipinski definition) is 2. The molecule has 0 aliphatic heterocycles. The molecule has 0 aromatic carbocycles. The van der Waals surface area contributed by atoms with Crippen molar-refractivity contribution in [3.05, 3.63) is 0 Å². The first kappa shape index (κ1) is 17.9. The van der Waals surface area contributed by atoms with Crippen molar-refractivity contribution in [1.29, 1.82) is 0 Å². The highest BCUT2D eigenvalue weighted by molar-refractivity contribution is 4.92. The van der Waals surface area contributed by atoms with Gasteiger partial charge in [-0.3, -0.25) is 0 Å². The van der Waals surface area contributed by atoms with Crippen molar-refractivity contribution in [2.24, 2.45) is 17.6 Å². The van der Waals surface area contributed by atoms with Gasteiger partial charge in [-0.2, -0.15) is 0 Å². The SMILES string of the molecule is CCN(CC)CCNC1(CN)CCCC(C(C)C)CC1. The third-order valence-corrected chi connectivity index (χ3v) is 5.38. The van der Waals surface area contributed by atoms with Crippen LogP contribution in [0.5, 0.6) is 0 Å². The fraction of sp³-hybridized carbons (Fsp3) is 1.00. The van der Waals surface area contributed by atoms with Crippen LogP contribution in [0.2, 0.25) is 0 Å². The van der Waals surface area contributed by atoms with Crippen molar-refractivity contribution in [2.75, 3.05) is 32.7 Å². The van der Waals surface area contributed by atoms with Gasteiger partial charge >= 0.3 is 0 Å². The molecule has 1 aliphatic rings. The van der Waals surface area contributed by atoms with Crippen LogP contribution in [-0.2, 0) is 0 Å². The Morgan fingerprint density at radius 1 is 1.20 bits per heavy atom. The van der Waals surface area contributed by atoms with Gasteiger partial charge in [-0.15, -0.1) is 0 Å². The summed E-state index contributed by atoms with van der Waals surface area (Å²) in [5.74, 6) is 1.72. The van der Waals surface area contributed by atoms with Crippen LogP contribution in [0.3, 0.4) is 0 Å². The van der Waals surface area contributed by atoms with Gasteiger partial charge in [0.1, 0.15) is 0 Å². The highest BCUT2D eigenvalue weighted by atomic mass is 15.1. The summed E-state index contributed by atoms with van der Waals surface area (Å²) in [7, 11) is 0. The molecule has 0 saturated heterocycles. The normalized spacial score (nSPS) is 28.1. The molecule has 1 aliphatic carbocycles. The molecule has 1 saturated carbocycles. The second kappa shape index (κ2) is 9.01. The van der Waals surface area contributed by atoms with Crippen LogP contribution in [0.25, 0.3) is 0 Å². The van der Waals surface area contributed by atoms with Crippen LogP contribution in [-0.4, -0.2) is 43.2 Å². The predicted octanol–water partition coefficient (Wildman–Crippen LogP) is 2.85. The van der Waals surface area contributed by atoms with Gasteiger partial charge in [0.05, 0.1) is 0 Å². The molecule has 20 heavy (non-hydrogen) atoms. The third-order valence-electron chi connectivity index (χ3n) is 5.38. The second-order valence-corrected chi connectivity index (χ2v) is 6.87. The number of nitrogens with two attached hydrogens (primary N) is 1. The van der Waals surface area contributed by atoms with Crippen molar-refractivity contribution in [1.82, 2.24) is 10.2 Å². The van der Waals surface area contributed by atoms with Crippen LogP contribution in [0.4, 0.5) is 0 Å². The molecular formula is C17H37N3. The lowest BCUT2D eigenvalue weighted by Gasteiger charge is -2.34. The fourth-order valence-electron chi connectivity index (χ4n) is 3.57. The zero-order valence-corrected chi connectivity index (χ0v) is 14.3. The Bertz CT molecular complexity index is 251. The first-order chi connectivity index (χ1) is 9.56. The van der Waals surface area contributed by atoms with Crippen molar-refractivity contribution in [2.45, 2.75) is 65.3 Å². The van der Waals surface area contributed by atoms with E-state index in [1.807, 2.05) is 0 Å². The maximum Gasteiger partial charge on any atom is 0.0304 e. The van der Waals surface area contributed by atoms with E-state index in [-0.39, 0.29) is 5.54 Å². The average Bonchev–Trinajstić information content (AvgIpc) is 2.67. The van der Waals surface area contributed by atoms with Crippen molar-refractivity contribution in [3.8, 4) is 0 Å². The predicted molar refractivity (Wildman–Crippen MR) is 89.0 cm³/mol. The minimum atomic E-state index is 0.205. The summed E-state index contributed by atoms with van der Waals surface area (Å²) in [6.45, 7) is 14.5. The molecule has 120 valence electrons. The summed E-state index contributed by atoms with van der Waals surface area (Å²) in [6.07, 6.45) is 6.57. The van der Waals surface area contributed by atoms with Gasteiger partial charge in [-0.25, -0.2) is 0 Å². The molecule has 1 fully saturated rings. The monoisotopic (exact) mass is 283 g/mol. The largest absolute Gasteiger partial charge is 0.329 e. The molecule has 3 nitrogen and oxygen atoms in total. The van der Waals surface area contributed by atoms with Gasteiger partial charge in [0.15, 0.2) is 0 Å². The lowest BCUT2D eigenvalue weighted by Crippen LogP contribution is -2.52. The van der Waals surface area contributed by atoms with E-state index in [0.717, 1.165) is 44.6 Å². The van der Waals surface area contributed by atoms with E-state index in [4.69, 9.17) is 5.73 Å². The summed E-state index contributed by atoms with van der Waals surface area (Å²) >= 11 is 0. The smallest absolute Gasteiger partial charge is 0.0304 e. The van der Waals surface area contributed by atoms with E-state index in [1.165, 1.54) is 32.1 Å². The summed E-state index contributed by atoms with van der Waals surface area (Å²) in [6, 6.07) is 0. The topological polar surface area (TPSA) is 41.3 Å². The standard InChI is InChI=1S/C17H37N3/c1-5-20(6-2)13-12-19-17(14-18)10-7-8-16(9-11-17)15(3)4/h15-16,19H,5-14,18H2,1-4H3. The van der Waals surface area contributed by atoms with Gasteiger partial charge in [0.25, 0.3) is 0 Å². The molecule has 0 heterocycles. The van der Waals surface area contributed by atoms with Crippen LogP contribution >= 0.6 is 0 Å². The maximum atomic E-state index is 6.14. The van der Waals surface area contributed by atoms with Gasteiger partial charge in [0, 0.05) is 25.2 Å². The number of nitrogens with zero attached hydrogens (tertiary/aromatic N) is 1. The van der Waals surface area contributed by atoms with E-state index in [0.29, 0.717) is 0 Å². The third kappa shape index (κ3) is 5.34. The summed E-state index contributed by atoms with van der Waals surface area (Å²) in [5, 5.41) is 3.82. The molecule has 0 radical (unpaired) electrons. The highest BCUT2D eigenvalue weighted by Crippen LogP contribution is 2.33. The van der Waals surface area contributed by atoms with Crippen LogP contribution in [0.15, 0.2) is 0 Å². The molecule has 0 spiro atoms. The van der Waals surface area contributed by atoms with Crippen LogP contribution in [0, 0.1) is 11.8 Å². The molecule has 0 aromatic rings. The Balaban J connectivity index is 2.46. The highest BCUT2D eigenvalue weighted by Gasteiger charge is 2.32. The minimum Gasteiger partial charge on any atom is -0.329 e. The van der Waals surface area contributed by atoms with E-state index in [2.05, 4.69) is 37.9 Å². The molecule has 3 N–H and O–H groups in total. The molecule has 1 rings (SSSR count). The Morgan fingerprint density at radius 3 is 2.45 bits per heavy atom. The van der Waals surface area contributed by atoms with Gasteiger partial charge < -0.3 is 16.0 Å². The van der Waals surface area contributed by atoms with Crippen LogP contribution < -0.4 is 11.1 Å². The molecule has 0 aromatic heterocycles. The maximum absolute atomic E-state index is 6.14. The number of rotatable bonds is 8. The fourth-order valence-corrected chi connectivity index (χ4v) is 3.57. The number of hydrogen-bond acceptors (Lipinski definition) is 3. The Hall–Kier alpha value is -0.120. The van der Waals surface area contributed by atoms with Crippen molar-refractivity contribution >= 4 is 0 Å². The molecule has 2 atom stereocenters. The Kier molecular flexibility index (Phi) is 8.08. The van der Waals surface area contributed by atoms with E-state index < -0.39 is 0 Å². The van der Waals surface area contributed by atoms with Gasteiger partial charge in [0.2, 0.25) is 0 Å². The average molecular weight is 284 g/mol. The Morgan fingerprint density at radius 2 is 1.90 bits per heavy atom. The summed E-state index contributed by atoms with van der Waals surface area (Å²) in [4.78, 5) is 2.48. The molecule has 0 amide bonds. The van der Waals surface area contributed by atoms with Crippen molar-refractivity contribution < 1.29 is 0 Å². The summed E-state index contributed by atoms with van der Waals surface area (Å²) in [5.41, 5.74) is 6.34. The van der Waals surface area contributed by atoms with Crippen molar-refractivity contribution in [3.63, 3.8) is 0 Å². The molecule has 2 unspecified atom stereocenters. The number of nitrogens with one attached hydrogen (secondary N) is 1. The number of likely N-dealkylation sites (N-methyl/N-ethyl adjacent to an activating group) is 1. The van der Waals surface area contributed by atoms with Gasteiger partial charge in [-0.1, -0.05) is 40.5 Å². The van der Waals surface area contributed by atoms with Crippen LogP contribution in [0.1, 0.15) is 59.8 Å². The first-order valence-corrected chi connectivity index (χ1v) is 8.74. The molecule has 3 heteroatoms. The minimum absolute atomic E-state index is 0.205.